The quantitative estimate of drug-likeness (QED) is 0.342. The Morgan fingerprint density at radius 2 is 1.20 bits per heavy atom. The van der Waals surface area contributed by atoms with E-state index in [0.717, 1.165) is 0 Å². The molecule has 0 aliphatic heterocycles. The van der Waals surface area contributed by atoms with Gasteiger partial charge >= 0.3 is 59.2 Å². The van der Waals surface area contributed by atoms with Crippen molar-refractivity contribution in [1.29, 1.82) is 0 Å². The second kappa shape index (κ2) is 8.51. The minimum absolute atomic E-state index is 0. The molecule has 0 aliphatic rings. The van der Waals surface area contributed by atoms with E-state index < -0.39 is 7.82 Å². The summed E-state index contributed by atoms with van der Waals surface area (Å²) in [5.41, 5.74) is 0. The zero-order valence-electron chi connectivity index (χ0n) is 5.11. The van der Waals surface area contributed by atoms with E-state index in [1.165, 1.54) is 13.8 Å². The Hall–Kier alpha value is 1.42. The SMILES string of the molecule is CC(C)=O.O=P(O)(O)O.[KH]. The Labute approximate surface area is 101 Å². The molecule has 0 radical (unpaired) electrons. The van der Waals surface area contributed by atoms with Gasteiger partial charge in [0.05, 0.1) is 0 Å². The summed E-state index contributed by atoms with van der Waals surface area (Å²) in [6, 6.07) is 0. The van der Waals surface area contributed by atoms with Crippen LogP contribution in [-0.2, 0) is 9.36 Å². The zero-order valence-corrected chi connectivity index (χ0v) is 6.00. The molecule has 0 aromatic carbocycles. The Bertz CT molecular complexity index is 117. The summed E-state index contributed by atoms with van der Waals surface area (Å²) in [5, 5.41) is 0. The van der Waals surface area contributed by atoms with Gasteiger partial charge in [0.15, 0.2) is 0 Å². The number of Topliss-reactive ketones (excluding diaryl/α,β-unsaturated/α-hetero) is 1. The Balaban J connectivity index is -0.0000000910. The molecule has 58 valence electrons. The van der Waals surface area contributed by atoms with Crippen LogP contribution in [0.25, 0.3) is 0 Å². The summed E-state index contributed by atoms with van der Waals surface area (Å²) < 4.78 is 8.88. The summed E-state index contributed by atoms with van der Waals surface area (Å²) in [6.07, 6.45) is 0. The summed E-state index contributed by atoms with van der Waals surface area (Å²) in [4.78, 5) is 31.0. The van der Waals surface area contributed by atoms with E-state index in [4.69, 9.17) is 19.2 Å². The Kier molecular flexibility index (Phi) is 14.9. The molecule has 0 saturated heterocycles. The molecule has 0 atom stereocenters. The van der Waals surface area contributed by atoms with Gasteiger partial charge in [-0.3, -0.25) is 0 Å². The average Bonchev–Trinajstić information content (AvgIpc) is 1.19. The molecule has 3 N–H and O–H groups in total. The fourth-order valence-corrected chi connectivity index (χ4v) is 0. The first-order valence-electron chi connectivity index (χ1n) is 1.99. The summed E-state index contributed by atoms with van der Waals surface area (Å²) >= 11 is 0. The van der Waals surface area contributed by atoms with Crippen LogP contribution in [0.4, 0.5) is 0 Å². The fraction of sp³-hybridized carbons (Fsp3) is 0.667. The molecule has 7 heteroatoms. The van der Waals surface area contributed by atoms with Crippen LogP contribution < -0.4 is 0 Å². The van der Waals surface area contributed by atoms with E-state index in [-0.39, 0.29) is 57.2 Å². The van der Waals surface area contributed by atoms with Gasteiger partial charge in [-0.25, -0.2) is 4.57 Å². The van der Waals surface area contributed by atoms with E-state index in [1.54, 1.807) is 0 Å². The zero-order chi connectivity index (χ0) is 8.08. The molecule has 0 unspecified atom stereocenters. The molecule has 0 bridgehead atoms. The van der Waals surface area contributed by atoms with Crippen molar-refractivity contribution >= 4 is 65.0 Å². The second-order valence-electron chi connectivity index (χ2n) is 1.42. The normalized spacial score (nSPS) is 8.50. The van der Waals surface area contributed by atoms with E-state index >= 15 is 0 Å². The van der Waals surface area contributed by atoms with Gasteiger partial charge in [0.25, 0.3) is 0 Å². The molecule has 0 aliphatic carbocycles. The van der Waals surface area contributed by atoms with Gasteiger partial charge in [0.1, 0.15) is 5.78 Å². The van der Waals surface area contributed by atoms with Gasteiger partial charge in [0.2, 0.25) is 0 Å². The van der Waals surface area contributed by atoms with Crippen molar-refractivity contribution in [2.24, 2.45) is 0 Å². The van der Waals surface area contributed by atoms with Crippen LogP contribution in [0.3, 0.4) is 0 Å². The van der Waals surface area contributed by atoms with E-state index in [1.807, 2.05) is 0 Å². The Morgan fingerprint density at radius 3 is 1.20 bits per heavy atom. The van der Waals surface area contributed by atoms with Crippen LogP contribution in [-0.4, -0.2) is 71.8 Å². The number of hydrogen-bond donors (Lipinski definition) is 3. The fourth-order valence-electron chi connectivity index (χ4n) is 0. The minimum atomic E-state index is -4.64. The van der Waals surface area contributed by atoms with Crippen molar-refractivity contribution < 1.29 is 24.0 Å². The van der Waals surface area contributed by atoms with Crippen LogP contribution in [0.15, 0.2) is 0 Å². The third kappa shape index (κ3) is 332. The standard InChI is InChI=1S/C3H6O.K.H3O4P.H/c1-3(2)4;;1-5(2,3)4;/h1-2H3;;(H3,1,2,3,4);. The summed E-state index contributed by atoms with van der Waals surface area (Å²) in [7, 11) is -4.64. The van der Waals surface area contributed by atoms with Gasteiger partial charge in [0, 0.05) is 0 Å². The molecule has 0 rings (SSSR count). The van der Waals surface area contributed by atoms with Crippen molar-refractivity contribution in [1.82, 2.24) is 0 Å². The first-order valence-corrected chi connectivity index (χ1v) is 3.55. The van der Waals surface area contributed by atoms with Crippen LogP contribution in [0.2, 0.25) is 0 Å². The van der Waals surface area contributed by atoms with Crippen LogP contribution >= 0.6 is 7.82 Å². The maximum atomic E-state index is 9.44. The van der Waals surface area contributed by atoms with Crippen LogP contribution in [0.5, 0.6) is 0 Å². The van der Waals surface area contributed by atoms with Gasteiger partial charge in [-0.1, -0.05) is 0 Å². The molecule has 0 amide bonds. The molecule has 5 nitrogen and oxygen atoms in total. The Morgan fingerprint density at radius 1 is 1.20 bits per heavy atom. The molecular formula is C3H10KO5P. The second-order valence-corrected chi connectivity index (χ2v) is 2.45. The molecule has 0 saturated carbocycles. The van der Waals surface area contributed by atoms with Gasteiger partial charge < -0.3 is 19.5 Å². The number of carbonyl (C=O) groups excluding carboxylic acids is 1. The van der Waals surface area contributed by atoms with Crippen LogP contribution in [0.1, 0.15) is 13.8 Å². The molecule has 0 aromatic rings. The molecule has 0 aromatic heterocycles. The first kappa shape index (κ1) is 17.5. The van der Waals surface area contributed by atoms with Crippen molar-refractivity contribution in [2.75, 3.05) is 0 Å². The van der Waals surface area contributed by atoms with Crippen molar-refractivity contribution in [3.05, 3.63) is 0 Å². The molecule has 10 heavy (non-hydrogen) atoms. The third-order valence-electron chi connectivity index (χ3n) is 0. The molecule has 0 spiro atoms. The predicted molar refractivity (Wildman–Crippen MR) is 37.8 cm³/mol. The van der Waals surface area contributed by atoms with Gasteiger partial charge in [-0.15, -0.1) is 0 Å². The summed E-state index contributed by atoms with van der Waals surface area (Å²) in [6.45, 7) is 3.06. The third-order valence-corrected chi connectivity index (χ3v) is 0. The first-order chi connectivity index (χ1) is 3.73. The van der Waals surface area contributed by atoms with Crippen LogP contribution in [0, 0.1) is 0 Å². The summed E-state index contributed by atoms with van der Waals surface area (Å²) in [5.74, 6) is 0.167. The van der Waals surface area contributed by atoms with E-state index in [0.29, 0.717) is 0 Å². The molecule has 0 heterocycles. The number of ketones is 1. The molecule has 0 fully saturated rings. The topological polar surface area (TPSA) is 94.8 Å². The van der Waals surface area contributed by atoms with E-state index in [2.05, 4.69) is 0 Å². The number of carbonyl (C=O) groups is 1. The van der Waals surface area contributed by atoms with Crippen molar-refractivity contribution in [3.8, 4) is 0 Å². The van der Waals surface area contributed by atoms with Gasteiger partial charge in [-0.2, -0.15) is 0 Å². The van der Waals surface area contributed by atoms with E-state index in [9.17, 15) is 4.79 Å². The van der Waals surface area contributed by atoms with Crippen molar-refractivity contribution in [2.45, 2.75) is 13.8 Å². The van der Waals surface area contributed by atoms with Gasteiger partial charge in [-0.05, 0) is 13.8 Å². The maximum absolute atomic E-state index is 9.44. The number of phosphoric acid groups is 1. The monoisotopic (exact) mass is 196 g/mol. The predicted octanol–water partition coefficient (Wildman–Crippen LogP) is -0.982. The number of rotatable bonds is 0. The van der Waals surface area contributed by atoms with Crippen molar-refractivity contribution in [3.63, 3.8) is 0 Å². The number of hydrogen-bond acceptors (Lipinski definition) is 2. The molecular weight excluding hydrogens is 186 g/mol. The average molecular weight is 196 g/mol.